The van der Waals surface area contributed by atoms with E-state index in [2.05, 4.69) is 10.6 Å². The Morgan fingerprint density at radius 3 is 2.11 bits per heavy atom. The first-order valence-corrected chi connectivity index (χ1v) is 17.2. The molecule has 3 saturated carbocycles. The monoisotopic (exact) mass is 669 g/mol. The molecule has 0 aromatic carbocycles. The van der Waals surface area contributed by atoms with Crippen LogP contribution in [-0.2, 0) is 33.5 Å². The second kappa shape index (κ2) is 14.3. The first kappa shape index (κ1) is 35.7. The number of hydrogen-bond acceptors (Lipinski definition) is 7. The van der Waals surface area contributed by atoms with Gasteiger partial charge in [-0.25, -0.2) is 0 Å². The third kappa shape index (κ3) is 8.40. The summed E-state index contributed by atoms with van der Waals surface area (Å²) in [5.74, 6) is -3.96. The van der Waals surface area contributed by atoms with E-state index in [0.717, 1.165) is 51.4 Å². The number of nitrogens with one attached hydrogen (secondary N) is 2. The van der Waals surface area contributed by atoms with E-state index < -0.39 is 51.8 Å². The molecule has 12 heteroatoms. The Kier molecular flexibility index (Phi) is 11.3. The lowest BCUT2D eigenvalue weighted by Crippen LogP contribution is -2.59. The van der Waals surface area contributed by atoms with Crippen molar-refractivity contribution >= 4 is 58.5 Å². The van der Waals surface area contributed by atoms with Gasteiger partial charge in [-0.05, 0) is 36.5 Å². The summed E-state index contributed by atoms with van der Waals surface area (Å²) in [6.07, 6.45) is 7.77. The molecular weight excluding hydrogens is 621 g/mol. The molecule has 0 radical (unpaired) electrons. The number of hydrogen-bond donors (Lipinski definition) is 2. The number of Topliss-reactive ketones (excluding diaryl/α,β-unsaturated/α-hetero) is 2. The van der Waals surface area contributed by atoms with E-state index in [9.17, 15) is 28.8 Å². The summed E-state index contributed by atoms with van der Waals surface area (Å²) in [5.41, 5.74) is -0.339. The van der Waals surface area contributed by atoms with Gasteiger partial charge in [0.1, 0.15) is 16.4 Å². The van der Waals surface area contributed by atoms with Gasteiger partial charge in [-0.1, -0.05) is 59.3 Å². The first-order valence-electron chi connectivity index (χ1n) is 16.5. The van der Waals surface area contributed by atoms with Crippen LogP contribution in [0, 0.1) is 35.0 Å². The number of esters is 1. The van der Waals surface area contributed by atoms with Crippen molar-refractivity contribution in [1.82, 2.24) is 15.5 Å². The molecule has 1 heterocycles. The lowest BCUT2D eigenvalue weighted by molar-refractivity contribution is -0.146. The fourth-order valence-corrected chi connectivity index (χ4v) is 8.07. The van der Waals surface area contributed by atoms with Crippen LogP contribution in [0.2, 0.25) is 0 Å². The zero-order valence-corrected chi connectivity index (χ0v) is 28.7. The quantitative estimate of drug-likeness (QED) is 0.171. The summed E-state index contributed by atoms with van der Waals surface area (Å²) in [6, 6.07) is -2.87. The van der Waals surface area contributed by atoms with Gasteiger partial charge in [0.2, 0.25) is 23.5 Å². The number of carbonyl (C=O) groups excluding carboxylic acids is 6. The van der Waals surface area contributed by atoms with Gasteiger partial charge >= 0.3 is 5.97 Å². The highest BCUT2D eigenvalue weighted by atomic mass is 35.5. The molecule has 45 heavy (non-hydrogen) atoms. The molecule has 0 bridgehead atoms. The molecule has 1 saturated heterocycles. The first-order chi connectivity index (χ1) is 21.0. The van der Waals surface area contributed by atoms with Crippen LogP contribution in [0.25, 0.3) is 0 Å². The zero-order valence-electron chi connectivity index (χ0n) is 27.2. The number of amides is 3. The minimum atomic E-state index is -1.19. The van der Waals surface area contributed by atoms with Crippen molar-refractivity contribution in [1.29, 1.82) is 0 Å². The number of likely N-dealkylation sites (tertiary alicyclic amines) is 1. The normalized spacial score (nSPS) is 26.5. The molecule has 0 spiro atoms. The predicted octanol–water partition coefficient (Wildman–Crippen LogP) is 4.13. The fourth-order valence-electron chi connectivity index (χ4n) is 7.25. The van der Waals surface area contributed by atoms with Gasteiger partial charge in [-0.15, -0.1) is 23.2 Å². The van der Waals surface area contributed by atoms with Crippen molar-refractivity contribution in [2.75, 3.05) is 13.2 Å². The Hall–Kier alpha value is -2.20. The SMILES string of the molecule is CC(=O)OCC(CC(=O)N[C@H](C(=O)N1C[C@H]2[C@@H]([C@H]1C(=O)N[C@@H](CC1CCC1)C(=O)C(C)=O)C2(Cl)Cl)C1CCCCC1)C(C)(C)C. The number of alkyl halides is 2. The molecule has 2 N–H and O–H groups in total. The minimum Gasteiger partial charge on any atom is -0.466 e. The maximum atomic E-state index is 14.4. The van der Waals surface area contributed by atoms with Crippen LogP contribution in [0.3, 0.4) is 0 Å². The summed E-state index contributed by atoms with van der Waals surface area (Å²) >= 11 is 13.1. The Labute approximate surface area is 276 Å². The molecule has 4 rings (SSSR count). The van der Waals surface area contributed by atoms with Crippen LogP contribution in [0.1, 0.15) is 98.8 Å². The minimum absolute atomic E-state index is 0.0604. The standard InChI is InChI=1S/C33H49Cl2N3O7/c1-18(39)29(42)24(14-20-10-9-11-20)36-30(43)28-26-23(33(26,34)35)16-38(28)31(44)27(21-12-7-6-8-13-21)37-25(41)15-22(32(3,4)5)17-45-19(2)40/h20-24,26-28H,6-17H2,1-5H3,(H,36,43)(H,37,41)/t22?,23-,24-,26-,27-,28-/m0/s1. The Bertz CT molecular complexity index is 1180. The molecule has 1 unspecified atom stereocenters. The van der Waals surface area contributed by atoms with E-state index in [1.165, 1.54) is 18.7 Å². The topological polar surface area (TPSA) is 139 Å². The number of carbonyl (C=O) groups is 6. The molecule has 4 aliphatic rings. The molecule has 3 amide bonds. The van der Waals surface area contributed by atoms with E-state index in [1.54, 1.807) is 0 Å². The molecule has 4 fully saturated rings. The van der Waals surface area contributed by atoms with Crippen molar-refractivity contribution in [3.05, 3.63) is 0 Å². The molecule has 10 nitrogen and oxygen atoms in total. The molecule has 0 aromatic heterocycles. The lowest BCUT2D eigenvalue weighted by Gasteiger charge is -2.37. The van der Waals surface area contributed by atoms with Crippen LogP contribution in [-0.4, -0.2) is 75.8 Å². The highest BCUT2D eigenvalue weighted by Gasteiger charge is 2.74. The van der Waals surface area contributed by atoms with Crippen LogP contribution in [0.4, 0.5) is 0 Å². The summed E-state index contributed by atoms with van der Waals surface area (Å²) < 4.78 is 4.06. The van der Waals surface area contributed by atoms with Crippen LogP contribution >= 0.6 is 23.2 Å². The largest absolute Gasteiger partial charge is 0.466 e. The van der Waals surface area contributed by atoms with Gasteiger partial charge < -0.3 is 20.3 Å². The highest BCUT2D eigenvalue weighted by molar-refractivity contribution is 6.51. The predicted molar refractivity (Wildman–Crippen MR) is 169 cm³/mol. The van der Waals surface area contributed by atoms with Gasteiger partial charge in [0.05, 0.1) is 12.6 Å². The third-order valence-electron chi connectivity index (χ3n) is 10.5. The van der Waals surface area contributed by atoms with Gasteiger partial charge in [-0.3, -0.25) is 28.8 Å². The van der Waals surface area contributed by atoms with Crippen molar-refractivity contribution in [2.24, 2.45) is 35.0 Å². The molecule has 1 aliphatic heterocycles. The number of ketones is 2. The average molecular weight is 671 g/mol. The third-order valence-corrected chi connectivity index (χ3v) is 11.6. The van der Waals surface area contributed by atoms with Crippen LogP contribution in [0.5, 0.6) is 0 Å². The molecule has 252 valence electrons. The Balaban J connectivity index is 1.55. The Morgan fingerprint density at radius 1 is 0.933 bits per heavy atom. The molecular formula is C33H49Cl2N3O7. The summed E-state index contributed by atoms with van der Waals surface area (Å²) in [7, 11) is 0. The number of rotatable bonds is 13. The number of piperidine rings is 1. The summed E-state index contributed by atoms with van der Waals surface area (Å²) in [5, 5.41) is 5.81. The second-order valence-electron chi connectivity index (χ2n) is 14.8. The average Bonchev–Trinajstić information content (AvgIpc) is 3.26. The Morgan fingerprint density at radius 2 is 1.58 bits per heavy atom. The summed E-state index contributed by atoms with van der Waals surface area (Å²) in [4.78, 5) is 79.6. The van der Waals surface area contributed by atoms with Gasteiger partial charge in [-0.2, -0.15) is 0 Å². The number of nitrogens with zero attached hydrogens (tertiary/aromatic N) is 1. The molecule has 3 aliphatic carbocycles. The number of ether oxygens (including phenoxy) is 1. The van der Waals surface area contributed by atoms with Crippen molar-refractivity contribution in [2.45, 2.75) is 121 Å². The number of fused-ring (bicyclic) bond motifs is 1. The lowest BCUT2D eigenvalue weighted by atomic mass is 9.78. The van der Waals surface area contributed by atoms with Gasteiger partial charge in [0.25, 0.3) is 0 Å². The van der Waals surface area contributed by atoms with E-state index >= 15 is 0 Å². The van der Waals surface area contributed by atoms with E-state index in [4.69, 9.17) is 27.9 Å². The number of halogens is 2. The molecule has 0 aromatic rings. The van der Waals surface area contributed by atoms with E-state index in [-0.39, 0.29) is 60.5 Å². The van der Waals surface area contributed by atoms with Crippen molar-refractivity contribution in [3.8, 4) is 0 Å². The van der Waals surface area contributed by atoms with Crippen LogP contribution in [0.15, 0.2) is 0 Å². The maximum absolute atomic E-state index is 14.4. The van der Waals surface area contributed by atoms with Crippen molar-refractivity contribution in [3.63, 3.8) is 0 Å². The van der Waals surface area contributed by atoms with Gasteiger partial charge in [0, 0.05) is 44.6 Å². The zero-order chi connectivity index (χ0) is 33.3. The fraction of sp³-hybridized carbons (Fsp3) is 0.818. The maximum Gasteiger partial charge on any atom is 0.302 e. The summed E-state index contributed by atoms with van der Waals surface area (Å²) in [6.45, 7) is 8.67. The smallest absolute Gasteiger partial charge is 0.302 e. The molecule has 6 atom stereocenters. The van der Waals surface area contributed by atoms with E-state index in [1.807, 2.05) is 20.8 Å². The van der Waals surface area contributed by atoms with Crippen molar-refractivity contribution < 1.29 is 33.5 Å². The van der Waals surface area contributed by atoms with E-state index in [0.29, 0.717) is 6.42 Å². The van der Waals surface area contributed by atoms with Crippen LogP contribution < -0.4 is 10.6 Å². The second-order valence-corrected chi connectivity index (χ2v) is 16.2. The van der Waals surface area contributed by atoms with Gasteiger partial charge in [0.15, 0.2) is 5.78 Å². The highest BCUT2D eigenvalue weighted by Crippen LogP contribution is 2.65.